The quantitative estimate of drug-likeness (QED) is 0.615. The van der Waals surface area contributed by atoms with Gasteiger partial charge in [0.1, 0.15) is 0 Å². The lowest BCUT2D eigenvalue weighted by Crippen LogP contribution is -2.47. The highest BCUT2D eigenvalue weighted by Crippen LogP contribution is 2.22. The van der Waals surface area contributed by atoms with Crippen LogP contribution in [0.25, 0.3) is 0 Å². The molecule has 0 aromatic rings. The second-order valence-electron chi connectivity index (χ2n) is 3.30. The zero-order valence-electron chi connectivity index (χ0n) is 7.23. The highest BCUT2D eigenvalue weighted by atomic mass is 16.4. The summed E-state index contributed by atoms with van der Waals surface area (Å²) in [6.07, 6.45) is 0.921. The summed E-state index contributed by atoms with van der Waals surface area (Å²) in [5.74, 6) is 0.120. The van der Waals surface area contributed by atoms with Gasteiger partial charge in [-0.2, -0.15) is 0 Å². The SMILES string of the molecule is C[C@H]1[C@@H](CO)CCCN1C(=O)O. The number of piperidine rings is 1. The molecule has 0 aromatic heterocycles. The predicted octanol–water partition coefficient (Wildman–Crippen LogP) is 0.757. The third kappa shape index (κ3) is 1.69. The van der Waals surface area contributed by atoms with Crippen molar-refractivity contribution in [1.29, 1.82) is 0 Å². The van der Waals surface area contributed by atoms with Gasteiger partial charge >= 0.3 is 6.09 Å². The van der Waals surface area contributed by atoms with Crippen molar-refractivity contribution in [1.82, 2.24) is 4.90 Å². The van der Waals surface area contributed by atoms with Crippen LogP contribution in [-0.4, -0.2) is 40.4 Å². The van der Waals surface area contributed by atoms with Crippen LogP contribution in [0.5, 0.6) is 0 Å². The zero-order valence-corrected chi connectivity index (χ0v) is 7.23. The summed E-state index contributed by atoms with van der Waals surface area (Å²) in [4.78, 5) is 12.1. The molecular formula is C8H15NO3. The molecule has 0 saturated carbocycles. The molecule has 0 aliphatic carbocycles. The molecule has 70 valence electrons. The van der Waals surface area contributed by atoms with Gasteiger partial charge in [0.2, 0.25) is 0 Å². The lowest BCUT2D eigenvalue weighted by atomic mass is 9.91. The Morgan fingerprint density at radius 1 is 1.67 bits per heavy atom. The van der Waals surface area contributed by atoms with E-state index in [9.17, 15) is 4.79 Å². The third-order valence-corrected chi connectivity index (χ3v) is 2.63. The van der Waals surface area contributed by atoms with E-state index in [1.54, 1.807) is 0 Å². The van der Waals surface area contributed by atoms with Gasteiger partial charge in [0.25, 0.3) is 0 Å². The number of carboxylic acid groups (broad SMARTS) is 1. The Bertz CT molecular complexity index is 172. The van der Waals surface area contributed by atoms with Crippen molar-refractivity contribution in [2.75, 3.05) is 13.2 Å². The number of likely N-dealkylation sites (tertiary alicyclic amines) is 1. The first kappa shape index (κ1) is 9.32. The lowest BCUT2D eigenvalue weighted by Gasteiger charge is -2.36. The summed E-state index contributed by atoms with van der Waals surface area (Å²) in [5, 5.41) is 17.7. The molecule has 2 atom stereocenters. The summed E-state index contributed by atoms with van der Waals surface area (Å²) in [6, 6.07) is -0.0405. The lowest BCUT2D eigenvalue weighted by molar-refractivity contribution is 0.0621. The van der Waals surface area contributed by atoms with Crippen LogP contribution in [0, 0.1) is 5.92 Å². The van der Waals surface area contributed by atoms with E-state index in [1.165, 1.54) is 4.90 Å². The molecule has 0 spiro atoms. The summed E-state index contributed by atoms with van der Waals surface area (Å²) in [6.45, 7) is 2.55. The van der Waals surface area contributed by atoms with Crippen molar-refractivity contribution < 1.29 is 15.0 Å². The normalized spacial score (nSPS) is 30.3. The summed E-state index contributed by atoms with van der Waals surface area (Å²) < 4.78 is 0. The fourth-order valence-corrected chi connectivity index (χ4v) is 1.74. The minimum absolute atomic E-state index is 0.0405. The number of aliphatic hydroxyl groups is 1. The molecule has 1 aliphatic heterocycles. The minimum Gasteiger partial charge on any atom is -0.465 e. The van der Waals surface area contributed by atoms with Gasteiger partial charge in [-0.05, 0) is 19.8 Å². The fraction of sp³-hybridized carbons (Fsp3) is 0.875. The molecule has 1 fully saturated rings. The highest BCUT2D eigenvalue weighted by Gasteiger charge is 2.30. The molecule has 0 aromatic carbocycles. The molecule has 1 rings (SSSR count). The monoisotopic (exact) mass is 173 g/mol. The van der Waals surface area contributed by atoms with E-state index in [-0.39, 0.29) is 18.6 Å². The van der Waals surface area contributed by atoms with E-state index >= 15 is 0 Å². The Labute approximate surface area is 71.8 Å². The van der Waals surface area contributed by atoms with Crippen molar-refractivity contribution in [3.63, 3.8) is 0 Å². The maximum Gasteiger partial charge on any atom is 0.407 e. The van der Waals surface area contributed by atoms with Crippen LogP contribution in [0.2, 0.25) is 0 Å². The minimum atomic E-state index is -0.874. The molecule has 0 unspecified atom stereocenters. The number of amides is 1. The van der Waals surface area contributed by atoms with Gasteiger partial charge < -0.3 is 15.1 Å². The first-order valence-electron chi connectivity index (χ1n) is 4.27. The summed E-state index contributed by atoms with van der Waals surface area (Å²) >= 11 is 0. The molecule has 1 aliphatic rings. The molecule has 0 radical (unpaired) electrons. The van der Waals surface area contributed by atoms with Gasteiger partial charge in [0, 0.05) is 25.1 Å². The summed E-state index contributed by atoms with van der Waals surface area (Å²) in [7, 11) is 0. The van der Waals surface area contributed by atoms with Crippen molar-refractivity contribution >= 4 is 6.09 Å². The van der Waals surface area contributed by atoms with Crippen molar-refractivity contribution in [2.45, 2.75) is 25.8 Å². The largest absolute Gasteiger partial charge is 0.465 e. The van der Waals surface area contributed by atoms with E-state index < -0.39 is 6.09 Å². The van der Waals surface area contributed by atoms with Crippen LogP contribution in [-0.2, 0) is 0 Å². The Kier molecular flexibility index (Phi) is 2.92. The Morgan fingerprint density at radius 3 is 2.83 bits per heavy atom. The van der Waals surface area contributed by atoms with Crippen LogP contribution in [0.4, 0.5) is 4.79 Å². The average molecular weight is 173 g/mol. The van der Waals surface area contributed by atoms with Crippen molar-refractivity contribution in [3.8, 4) is 0 Å². The summed E-state index contributed by atoms with van der Waals surface area (Å²) in [5.41, 5.74) is 0. The van der Waals surface area contributed by atoms with E-state index in [0.717, 1.165) is 12.8 Å². The average Bonchev–Trinajstić information content (AvgIpc) is 2.04. The van der Waals surface area contributed by atoms with Gasteiger partial charge in [-0.1, -0.05) is 0 Å². The van der Waals surface area contributed by atoms with Crippen LogP contribution >= 0.6 is 0 Å². The van der Waals surface area contributed by atoms with Gasteiger partial charge in [-0.25, -0.2) is 4.79 Å². The molecule has 12 heavy (non-hydrogen) atoms. The number of hydrogen-bond donors (Lipinski definition) is 2. The highest BCUT2D eigenvalue weighted by molar-refractivity contribution is 5.65. The van der Waals surface area contributed by atoms with Crippen LogP contribution in [0.1, 0.15) is 19.8 Å². The van der Waals surface area contributed by atoms with Crippen LogP contribution < -0.4 is 0 Å². The molecule has 0 bridgehead atoms. The van der Waals surface area contributed by atoms with Gasteiger partial charge in [-0.3, -0.25) is 0 Å². The Hall–Kier alpha value is -0.770. The van der Waals surface area contributed by atoms with Crippen molar-refractivity contribution in [3.05, 3.63) is 0 Å². The van der Waals surface area contributed by atoms with Gasteiger partial charge in [-0.15, -0.1) is 0 Å². The predicted molar refractivity (Wildman–Crippen MR) is 44.0 cm³/mol. The Balaban J connectivity index is 2.59. The van der Waals surface area contributed by atoms with Crippen LogP contribution in [0.3, 0.4) is 0 Å². The standard InChI is InChI=1S/C8H15NO3/c1-6-7(5-10)3-2-4-9(6)8(11)12/h6-7,10H,2-5H2,1H3,(H,11,12)/t6-,7+/m0/s1. The second kappa shape index (κ2) is 3.76. The number of hydrogen-bond acceptors (Lipinski definition) is 2. The first-order valence-corrected chi connectivity index (χ1v) is 4.27. The molecule has 4 nitrogen and oxygen atoms in total. The van der Waals surface area contributed by atoms with E-state index in [2.05, 4.69) is 0 Å². The topological polar surface area (TPSA) is 60.8 Å². The fourth-order valence-electron chi connectivity index (χ4n) is 1.74. The van der Waals surface area contributed by atoms with E-state index in [4.69, 9.17) is 10.2 Å². The molecule has 1 amide bonds. The van der Waals surface area contributed by atoms with Gasteiger partial charge in [0.05, 0.1) is 0 Å². The maximum atomic E-state index is 10.7. The molecule has 4 heteroatoms. The second-order valence-corrected chi connectivity index (χ2v) is 3.30. The van der Waals surface area contributed by atoms with Crippen LogP contribution in [0.15, 0.2) is 0 Å². The zero-order chi connectivity index (χ0) is 9.14. The Morgan fingerprint density at radius 2 is 2.33 bits per heavy atom. The molecule has 1 saturated heterocycles. The van der Waals surface area contributed by atoms with E-state index in [0.29, 0.717) is 6.54 Å². The van der Waals surface area contributed by atoms with Gasteiger partial charge in [0.15, 0.2) is 0 Å². The third-order valence-electron chi connectivity index (χ3n) is 2.63. The van der Waals surface area contributed by atoms with E-state index in [1.807, 2.05) is 6.92 Å². The smallest absolute Gasteiger partial charge is 0.407 e. The molecule has 2 N–H and O–H groups in total. The number of rotatable bonds is 1. The van der Waals surface area contributed by atoms with Crippen molar-refractivity contribution in [2.24, 2.45) is 5.92 Å². The first-order chi connectivity index (χ1) is 5.66. The maximum absolute atomic E-state index is 10.7. The number of carbonyl (C=O) groups is 1. The molecular weight excluding hydrogens is 158 g/mol. The number of aliphatic hydroxyl groups excluding tert-OH is 1. The molecule has 1 heterocycles. The number of nitrogens with zero attached hydrogens (tertiary/aromatic N) is 1.